The number of hydrogen-bond donors (Lipinski definition) is 1. The third-order valence-corrected chi connectivity index (χ3v) is 5.07. The number of anilines is 1. The monoisotopic (exact) mass is 296 g/mol. The van der Waals surface area contributed by atoms with Crippen molar-refractivity contribution in [3.63, 3.8) is 0 Å². The molecule has 0 unspecified atom stereocenters. The fourth-order valence-electron chi connectivity index (χ4n) is 3.03. The molecule has 1 fully saturated rings. The molecule has 1 heterocycles. The van der Waals surface area contributed by atoms with E-state index >= 15 is 0 Å². The van der Waals surface area contributed by atoms with Crippen molar-refractivity contribution in [3.8, 4) is 0 Å². The molecule has 3 nitrogen and oxygen atoms in total. The van der Waals surface area contributed by atoms with Crippen LogP contribution < -0.4 is 4.90 Å². The molecular formula is C16H28N2OS. The smallest absolute Gasteiger partial charge is 0.186 e. The van der Waals surface area contributed by atoms with E-state index in [1.165, 1.54) is 25.7 Å². The Morgan fingerprint density at radius 1 is 1.25 bits per heavy atom. The van der Waals surface area contributed by atoms with Gasteiger partial charge < -0.3 is 10.0 Å². The van der Waals surface area contributed by atoms with Gasteiger partial charge >= 0.3 is 0 Å². The summed E-state index contributed by atoms with van der Waals surface area (Å²) in [5.41, 5.74) is 1.08. The van der Waals surface area contributed by atoms with Gasteiger partial charge in [0.05, 0.1) is 17.2 Å². The Labute approximate surface area is 127 Å². The highest BCUT2D eigenvalue weighted by Gasteiger charge is 2.27. The van der Waals surface area contributed by atoms with E-state index in [9.17, 15) is 5.11 Å². The molecule has 1 saturated carbocycles. The van der Waals surface area contributed by atoms with Crippen molar-refractivity contribution in [2.45, 2.75) is 71.9 Å². The third kappa shape index (κ3) is 3.53. The highest BCUT2D eigenvalue weighted by Crippen LogP contribution is 2.35. The normalized spacial score (nSPS) is 16.6. The second-order valence-electron chi connectivity index (χ2n) is 6.60. The lowest BCUT2D eigenvalue weighted by Gasteiger charge is -2.30. The van der Waals surface area contributed by atoms with Crippen molar-refractivity contribution in [3.05, 3.63) is 10.6 Å². The van der Waals surface area contributed by atoms with E-state index in [1.807, 2.05) is 0 Å². The van der Waals surface area contributed by atoms with Crippen LogP contribution in [0.4, 0.5) is 5.13 Å². The van der Waals surface area contributed by atoms with E-state index in [0.717, 1.165) is 22.2 Å². The lowest BCUT2D eigenvalue weighted by molar-refractivity contribution is 0.283. The van der Waals surface area contributed by atoms with Crippen molar-refractivity contribution < 1.29 is 5.11 Å². The lowest BCUT2D eigenvalue weighted by Crippen LogP contribution is -2.36. The Balaban J connectivity index is 2.27. The molecule has 1 N–H and O–H groups in total. The topological polar surface area (TPSA) is 36.4 Å². The Bertz CT molecular complexity index is 422. The van der Waals surface area contributed by atoms with Crippen LogP contribution >= 0.6 is 11.3 Å². The van der Waals surface area contributed by atoms with Gasteiger partial charge in [0.25, 0.3) is 0 Å². The molecule has 20 heavy (non-hydrogen) atoms. The zero-order chi connectivity index (χ0) is 14.7. The third-order valence-electron chi connectivity index (χ3n) is 3.98. The average Bonchev–Trinajstić information content (AvgIpc) is 3.04. The molecule has 0 aliphatic heterocycles. The molecule has 0 atom stereocenters. The second kappa shape index (κ2) is 6.90. The molecule has 1 aromatic heterocycles. The van der Waals surface area contributed by atoms with Gasteiger partial charge in [-0.25, -0.2) is 4.98 Å². The predicted molar refractivity (Wildman–Crippen MR) is 86.6 cm³/mol. The summed E-state index contributed by atoms with van der Waals surface area (Å²) in [7, 11) is 0. The minimum absolute atomic E-state index is 0.116. The van der Waals surface area contributed by atoms with Crippen LogP contribution in [0, 0.1) is 5.92 Å². The highest BCUT2D eigenvalue weighted by molar-refractivity contribution is 7.15. The number of hydrogen-bond acceptors (Lipinski definition) is 4. The molecule has 0 aromatic carbocycles. The Morgan fingerprint density at radius 3 is 2.35 bits per heavy atom. The largest absolute Gasteiger partial charge is 0.391 e. The van der Waals surface area contributed by atoms with Gasteiger partial charge in [0.2, 0.25) is 0 Å². The fraction of sp³-hybridized carbons (Fsp3) is 0.812. The molecular weight excluding hydrogens is 268 g/mol. The molecule has 4 heteroatoms. The van der Waals surface area contributed by atoms with Gasteiger partial charge in [-0.3, -0.25) is 0 Å². The molecule has 114 valence electrons. The first-order valence-corrected chi connectivity index (χ1v) is 8.71. The number of aromatic nitrogens is 1. The molecule has 0 radical (unpaired) electrons. The number of aliphatic hydroxyl groups is 1. The first-order valence-electron chi connectivity index (χ1n) is 7.90. The van der Waals surface area contributed by atoms with Crippen LogP contribution in [-0.4, -0.2) is 22.7 Å². The summed E-state index contributed by atoms with van der Waals surface area (Å²) in [5, 5.41) is 10.7. The van der Waals surface area contributed by atoms with Gasteiger partial charge in [0, 0.05) is 12.6 Å². The first-order chi connectivity index (χ1) is 9.52. The molecule has 0 saturated heterocycles. The molecule has 0 spiro atoms. The first kappa shape index (κ1) is 15.8. The second-order valence-corrected chi connectivity index (χ2v) is 7.66. The van der Waals surface area contributed by atoms with Crippen LogP contribution in [0.3, 0.4) is 0 Å². The molecule has 2 rings (SSSR count). The van der Waals surface area contributed by atoms with Crippen molar-refractivity contribution in [1.29, 1.82) is 0 Å². The summed E-state index contributed by atoms with van der Waals surface area (Å²) in [6.07, 6.45) is 5.26. The number of rotatable bonds is 6. The Kier molecular flexibility index (Phi) is 5.44. The Hall–Kier alpha value is -0.610. The highest BCUT2D eigenvalue weighted by atomic mass is 32.1. The van der Waals surface area contributed by atoms with E-state index in [1.54, 1.807) is 11.3 Å². The summed E-state index contributed by atoms with van der Waals surface area (Å²) < 4.78 is 0. The fourth-order valence-corrected chi connectivity index (χ4v) is 4.19. The predicted octanol–water partition coefficient (Wildman–Crippen LogP) is 4.16. The lowest BCUT2D eigenvalue weighted by atomic mass is 10.1. The van der Waals surface area contributed by atoms with Crippen LogP contribution in [0.1, 0.15) is 69.9 Å². The number of aliphatic hydroxyl groups excluding tert-OH is 1. The standard InChI is InChI=1S/C16H28N2OS/c1-11(2)9-18(13-7-5-6-8-13)16-17-15(12(3)4)14(10-19)20-16/h11-13,19H,5-10H2,1-4H3. The van der Waals surface area contributed by atoms with Crippen LogP contribution in [0.25, 0.3) is 0 Å². The molecule has 0 amide bonds. The van der Waals surface area contributed by atoms with E-state index in [0.29, 0.717) is 17.9 Å². The van der Waals surface area contributed by atoms with Gasteiger partial charge in [-0.2, -0.15) is 0 Å². The van der Waals surface area contributed by atoms with E-state index in [4.69, 9.17) is 4.98 Å². The minimum Gasteiger partial charge on any atom is -0.391 e. The summed E-state index contributed by atoms with van der Waals surface area (Å²) in [4.78, 5) is 8.41. The van der Waals surface area contributed by atoms with E-state index in [2.05, 4.69) is 32.6 Å². The molecule has 1 aliphatic carbocycles. The van der Waals surface area contributed by atoms with Gasteiger partial charge in [0.1, 0.15) is 0 Å². The quantitative estimate of drug-likeness (QED) is 0.856. The summed E-state index contributed by atoms with van der Waals surface area (Å²) in [6, 6.07) is 0.648. The minimum atomic E-state index is 0.116. The van der Waals surface area contributed by atoms with Gasteiger partial charge in [-0.1, -0.05) is 51.9 Å². The van der Waals surface area contributed by atoms with E-state index < -0.39 is 0 Å². The van der Waals surface area contributed by atoms with E-state index in [-0.39, 0.29) is 6.61 Å². The average molecular weight is 296 g/mol. The maximum Gasteiger partial charge on any atom is 0.186 e. The van der Waals surface area contributed by atoms with Crippen LogP contribution in [0.2, 0.25) is 0 Å². The zero-order valence-electron chi connectivity index (χ0n) is 13.2. The van der Waals surface area contributed by atoms with Gasteiger partial charge in [0.15, 0.2) is 5.13 Å². The number of nitrogens with zero attached hydrogens (tertiary/aromatic N) is 2. The van der Waals surface area contributed by atoms with Crippen LogP contribution in [0.15, 0.2) is 0 Å². The van der Waals surface area contributed by atoms with Gasteiger partial charge in [-0.15, -0.1) is 0 Å². The van der Waals surface area contributed by atoms with Crippen LogP contribution in [0.5, 0.6) is 0 Å². The summed E-state index contributed by atoms with van der Waals surface area (Å²) in [5.74, 6) is 1.02. The molecule has 0 bridgehead atoms. The Morgan fingerprint density at radius 2 is 1.90 bits per heavy atom. The molecule has 1 aromatic rings. The zero-order valence-corrected chi connectivity index (χ0v) is 14.0. The van der Waals surface area contributed by atoms with Crippen molar-refractivity contribution in [1.82, 2.24) is 4.98 Å². The van der Waals surface area contributed by atoms with Crippen molar-refractivity contribution in [2.75, 3.05) is 11.4 Å². The maximum absolute atomic E-state index is 9.56. The van der Waals surface area contributed by atoms with Gasteiger partial charge in [-0.05, 0) is 24.7 Å². The maximum atomic E-state index is 9.56. The SMILES string of the molecule is CC(C)CN(c1nc(C(C)C)c(CO)s1)C1CCCC1. The van der Waals surface area contributed by atoms with Crippen molar-refractivity contribution in [2.24, 2.45) is 5.92 Å². The van der Waals surface area contributed by atoms with Crippen LogP contribution in [-0.2, 0) is 6.61 Å². The number of thiazole rings is 1. The summed E-state index contributed by atoms with van der Waals surface area (Å²) in [6.45, 7) is 10.0. The summed E-state index contributed by atoms with van der Waals surface area (Å²) >= 11 is 1.69. The van der Waals surface area contributed by atoms with Crippen molar-refractivity contribution >= 4 is 16.5 Å². The molecule has 1 aliphatic rings.